The number of rotatable bonds is 3. The molecule has 0 unspecified atom stereocenters. The van der Waals surface area contributed by atoms with Crippen LogP contribution in [0.3, 0.4) is 0 Å². The summed E-state index contributed by atoms with van der Waals surface area (Å²) < 4.78 is 0. The minimum Gasteiger partial charge on any atom is -0.366 e. The number of hydrogen-bond acceptors (Lipinski definition) is 3. The van der Waals surface area contributed by atoms with Crippen LogP contribution in [0.25, 0.3) is 28.2 Å². The predicted molar refractivity (Wildman–Crippen MR) is 77.6 cm³/mol. The van der Waals surface area contributed by atoms with Gasteiger partial charge in [-0.15, -0.1) is 0 Å². The molecular formula is C15H12N4O. The quantitative estimate of drug-likeness (QED) is 0.710. The maximum atomic E-state index is 10.8. The monoisotopic (exact) mass is 264 g/mol. The number of primary amides is 1. The summed E-state index contributed by atoms with van der Waals surface area (Å²) in [6.45, 7) is 0. The van der Waals surface area contributed by atoms with Gasteiger partial charge in [-0.25, -0.2) is 4.98 Å². The molecule has 5 nitrogen and oxygen atoms in total. The lowest BCUT2D eigenvalue weighted by molar-refractivity contribution is -0.113. The van der Waals surface area contributed by atoms with E-state index in [1.54, 1.807) is 30.9 Å². The highest BCUT2D eigenvalue weighted by atomic mass is 16.1. The molecule has 5 heteroatoms. The Hall–Kier alpha value is -2.95. The first-order chi connectivity index (χ1) is 9.74. The van der Waals surface area contributed by atoms with Crippen molar-refractivity contribution < 1.29 is 4.79 Å². The topological polar surface area (TPSA) is 84.7 Å². The number of H-pyrrole nitrogens is 1. The van der Waals surface area contributed by atoms with E-state index in [2.05, 4.69) is 15.0 Å². The zero-order valence-electron chi connectivity index (χ0n) is 10.6. The average Bonchev–Trinajstić information content (AvgIpc) is 2.88. The van der Waals surface area contributed by atoms with Crippen molar-refractivity contribution in [2.24, 2.45) is 5.73 Å². The number of nitrogens with zero attached hydrogens (tertiary/aromatic N) is 2. The molecule has 98 valence electrons. The van der Waals surface area contributed by atoms with Crippen molar-refractivity contribution in [1.29, 1.82) is 0 Å². The number of pyridine rings is 2. The normalized spacial score (nSPS) is 11.2. The molecule has 0 atom stereocenters. The van der Waals surface area contributed by atoms with E-state index >= 15 is 0 Å². The van der Waals surface area contributed by atoms with Crippen LogP contribution < -0.4 is 5.73 Å². The Balaban J connectivity index is 2.10. The van der Waals surface area contributed by atoms with Gasteiger partial charge in [0.2, 0.25) is 5.91 Å². The number of aromatic amines is 1. The van der Waals surface area contributed by atoms with Gasteiger partial charge in [-0.1, -0.05) is 0 Å². The molecule has 3 aromatic heterocycles. The summed E-state index contributed by atoms with van der Waals surface area (Å²) in [4.78, 5) is 22.3. The third-order valence-electron chi connectivity index (χ3n) is 3.00. The summed E-state index contributed by atoms with van der Waals surface area (Å²) in [7, 11) is 0. The van der Waals surface area contributed by atoms with Crippen molar-refractivity contribution in [2.75, 3.05) is 0 Å². The van der Waals surface area contributed by atoms with Gasteiger partial charge in [0, 0.05) is 47.4 Å². The van der Waals surface area contributed by atoms with Crippen LogP contribution in [0.4, 0.5) is 0 Å². The maximum Gasteiger partial charge on any atom is 0.241 e. The smallest absolute Gasteiger partial charge is 0.241 e. The first-order valence-corrected chi connectivity index (χ1v) is 6.09. The first-order valence-electron chi connectivity index (χ1n) is 6.09. The predicted octanol–water partition coefficient (Wildman–Crippen LogP) is 2.12. The number of carbonyl (C=O) groups excluding carboxylic acids is 1. The Labute approximate surface area is 115 Å². The second kappa shape index (κ2) is 4.97. The van der Waals surface area contributed by atoms with Crippen LogP contribution in [0, 0.1) is 0 Å². The fraction of sp³-hybridized carbons (Fsp3) is 0. The van der Waals surface area contributed by atoms with E-state index in [0.29, 0.717) is 0 Å². The van der Waals surface area contributed by atoms with Crippen molar-refractivity contribution in [1.82, 2.24) is 15.0 Å². The van der Waals surface area contributed by atoms with Gasteiger partial charge in [-0.3, -0.25) is 9.78 Å². The molecule has 0 aliphatic rings. The van der Waals surface area contributed by atoms with Crippen molar-refractivity contribution in [3.05, 3.63) is 54.6 Å². The molecule has 0 aromatic carbocycles. The van der Waals surface area contributed by atoms with Crippen LogP contribution in [-0.4, -0.2) is 20.9 Å². The van der Waals surface area contributed by atoms with Gasteiger partial charge in [-0.05, 0) is 29.8 Å². The fourth-order valence-corrected chi connectivity index (χ4v) is 2.04. The van der Waals surface area contributed by atoms with Gasteiger partial charge in [-0.2, -0.15) is 0 Å². The van der Waals surface area contributed by atoms with Crippen LogP contribution in [0.15, 0.2) is 49.1 Å². The molecule has 3 rings (SSSR count). The van der Waals surface area contributed by atoms with E-state index < -0.39 is 5.91 Å². The molecule has 3 aromatic rings. The minimum absolute atomic E-state index is 0.474. The third kappa shape index (κ3) is 2.29. The molecule has 0 fully saturated rings. The molecule has 1 amide bonds. The molecule has 20 heavy (non-hydrogen) atoms. The molecule has 0 radical (unpaired) electrons. The number of nitrogens with two attached hydrogens (primary N) is 1. The summed E-state index contributed by atoms with van der Waals surface area (Å²) in [6.07, 6.45) is 10.1. The molecule has 3 heterocycles. The molecule has 3 N–H and O–H groups in total. The SMILES string of the molecule is NC(=O)C=Cc1c[nH]c2ncc(-c3ccncc3)cc12. The Morgan fingerprint density at radius 3 is 2.80 bits per heavy atom. The number of amides is 1. The Kier molecular flexibility index (Phi) is 3.01. The zero-order valence-corrected chi connectivity index (χ0v) is 10.6. The summed E-state index contributed by atoms with van der Waals surface area (Å²) in [5.41, 5.74) is 8.80. The lowest BCUT2D eigenvalue weighted by atomic mass is 10.1. The van der Waals surface area contributed by atoms with E-state index in [1.165, 1.54) is 6.08 Å². The van der Waals surface area contributed by atoms with Crippen LogP contribution >= 0.6 is 0 Å². The minimum atomic E-state index is -0.474. The molecule has 0 aliphatic heterocycles. The second-order valence-corrected chi connectivity index (χ2v) is 4.34. The highest BCUT2D eigenvalue weighted by Crippen LogP contribution is 2.24. The molecular weight excluding hydrogens is 252 g/mol. The number of hydrogen-bond donors (Lipinski definition) is 2. The Bertz CT molecular complexity index is 790. The fourth-order valence-electron chi connectivity index (χ4n) is 2.04. The molecule has 0 bridgehead atoms. The van der Waals surface area contributed by atoms with Crippen molar-refractivity contribution in [2.45, 2.75) is 0 Å². The molecule has 0 saturated carbocycles. The van der Waals surface area contributed by atoms with Gasteiger partial charge < -0.3 is 10.7 Å². The number of nitrogens with one attached hydrogen (secondary N) is 1. The molecule has 0 spiro atoms. The van der Waals surface area contributed by atoms with Gasteiger partial charge in [0.15, 0.2) is 0 Å². The van der Waals surface area contributed by atoms with E-state index in [4.69, 9.17) is 5.73 Å². The number of carbonyl (C=O) groups is 1. The second-order valence-electron chi connectivity index (χ2n) is 4.34. The summed E-state index contributed by atoms with van der Waals surface area (Å²) in [6, 6.07) is 5.87. The summed E-state index contributed by atoms with van der Waals surface area (Å²) in [5.74, 6) is -0.474. The zero-order chi connectivity index (χ0) is 13.9. The van der Waals surface area contributed by atoms with Crippen molar-refractivity contribution in [3.8, 4) is 11.1 Å². The maximum absolute atomic E-state index is 10.8. The van der Waals surface area contributed by atoms with Crippen LogP contribution in [0.5, 0.6) is 0 Å². The van der Waals surface area contributed by atoms with Crippen LogP contribution in [0.1, 0.15) is 5.56 Å². The number of fused-ring (bicyclic) bond motifs is 1. The lowest BCUT2D eigenvalue weighted by Crippen LogP contribution is -2.04. The van der Waals surface area contributed by atoms with E-state index in [1.807, 2.05) is 18.2 Å². The van der Waals surface area contributed by atoms with Crippen LogP contribution in [0.2, 0.25) is 0 Å². The average molecular weight is 264 g/mol. The largest absolute Gasteiger partial charge is 0.366 e. The standard InChI is InChI=1S/C15H12N4O/c16-14(20)2-1-11-8-18-15-13(11)7-12(9-19-15)10-3-5-17-6-4-10/h1-9H,(H2,16,20)(H,18,19). The van der Waals surface area contributed by atoms with E-state index in [-0.39, 0.29) is 0 Å². The first kappa shape index (κ1) is 12.1. The van der Waals surface area contributed by atoms with Gasteiger partial charge in [0.1, 0.15) is 5.65 Å². The molecule has 0 aliphatic carbocycles. The number of aromatic nitrogens is 3. The Morgan fingerprint density at radius 1 is 1.25 bits per heavy atom. The lowest BCUT2D eigenvalue weighted by Gasteiger charge is -2.01. The van der Waals surface area contributed by atoms with Gasteiger partial charge in [0.05, 0.1) is 0 Å². The summed E-state index contributed by atoms with van der Waals surface area (Å²) in [5, 5.41) is 0.941. The van der Waals surface area contributed by atoms with E-state index in [9.17, 15) is 4.79 Å². The highest BCUT2D eigenvalue weighted by Gasteiger charge is 2.05. The van der Waals surface area contributed by atoms with Crippen molar-refractivity contribution >= 4 is 23.0 Å². The van der Waals surface area contributed by atoms with Crippen molar-refractivity contribution in [3.63, 3.8) is 0 Å². The van der Waals surface area contributed by atoms with Gasteiger partial charge >= 0.3 is 0 Å². The van der Waals surface area contributed by atoms with Gasteiger partial charge in [0.25, 0.3) is 0 Å². The summed E-state index contributed by atoms with van der Waals surface area (Å²) >= 11 is 0. The Morgan fingerprint density at radius 2 is 2.05 bits per heavy atom. The molecule has 0 saturated heterocycles. The van der Waals surface area contributed by atoms with E-state index in [0.717, 1.165) is 27.7 Å². The highest BCUT2D eigenvalue weighted by molar-refractivity contribution is 5.95. The van der Waals surface area contributed by atoms with Crippen LogP contribution in [-0.2, 0) is 4.79 Å². The third-order valence-corrected chi connectivity index (χ3v) is 3.00.